The van der Waals surface area contributed by atoms with Crippen molar-refractivity contribution in [2.24, 2.45) is 0 Å². The monoisotopic (exact) mass is 259 g/mol. The maximum Gasteiger partial charge on any atom is 0.186 e. The summed E-state index contributed by atoms with van der Waals surface area (Å²) in [6.45, 7) is 1.03. The van der Waals surface area contributed by atoms with Crippen LogP contribution < -0.4 is 4.90 Å². The van der Waals surface area contributed by atoms with Crippen molar-refractivity contribution in [2.75, 3.05) is 32.6 Å². The molecule has 1 heterocycles. The van der Waals surface area contributed by atoms with Crippen molar-refractivity contribution in [3.8, 4) is 0 Å². The standard InChI is InChI=1S/C11H18ClN3S/c1-14(2)11(5-4-6-11)8-15(3)10-13-9(12)7-16-10/h7H,4-6,8H2,1-3H3. The molecule has 16 heavy (non-hydrogen) atoms. The van der Waals surface area contributed by atoms with Gasteiger partial charge in [0.25, 0.3) is 0 Å². The molecule has 1 aromatic heterocycles. The molecule has 1 saturated carbocycles. The van der Waals surface area contributed by atoms with Crippen LogP contribution in [0.15, 0.2) is 5.38 Å². The first-order valence-corrected chi connectivity index (χ1v) is 6.79. The number of anilines is 1. The summed E-state index contributed by atoms with van der Waals surface area (Å²) in [5.74, 6) is 0. The fourth-order valence-corrected chi connectivity index (χ4v) is 3.18. The molecule has 5 heteroatoms. The summed E-state index contributed by atoms with van der Waals surface area (Å²) in [5.41, 5.74) is 0.340. The zero-order valence-electron chi connectivity index (χ0n) is 10.0. The Balaban J connectivity index is 2.04. The molecular formula is C11H18ClN3S. The number of aromatic nitrogens is 1. The van der Waals surface area contributed by atoms with E-state index in [1.807, 2.05) is 5.38 Å². The van der Waals surface area contributed by atoms with Crippen molar-refractivity contribution in [1.82, 2.24) is 9.88 Å². The Morgan fingerprint density at radius 2 is 2.12 bits per heavy atom. The lowest BCUT2D eigenvalue weighted by atomic mass is 9.75. The van der Waals surface area contributed by atoms with E-state index in [4.69, 9.17) is 11.6 Å². The Hall–Kier alpha value is -0.320. The van der Waals surface area contributed by atoms with E-state index in [1.54, 1.807) is 11.3 Å². The summed E-state index contributed by atoms with van der Waals surface area (Å²) < 4.78 is 0. The third-order valence-electron chi connectivity index (χ3n) is 3.56. The predicted molar refractivity (Wildman–Crippen MR) is 70.7 cm³/mol. The predicted octanol–water partition coefficient (Wildman–Crippen LogP) is 2.72. The van der Waals surface area contributed by atoms with Gasteiger partial charge in [-0.2, -0.15) is 0 Å². The Morgan fingerprint density at radius 1 is 1.44 bits per heavy atom. The number of nitrogens with zero attached hydrogens (tertiary/aromatic N) is 3. The number of thiazole rings is 1. The minimum atomic E-state index is 0.340. The second-order valence-corrected chi connectivity index (χ2v) is 6.00. The van der Waals surface area contributed by atoms with Gasteiger partial charge in [-0.05, 0) is 33.4 Å². The quantitative estimate of drug-likeness (QED) is 0.829. The second kappa shape index (κ2) is 4.51. The van der Waals surface area contributed by atoms with Crippen molar-refractivity contribution in [2.45, 2.75) is 24.8 Å². The lowest BCUT2D eigenvalue weighted by molar-refractivity contribution is 0.0683. The van der Waals surface area contributed by atoms with Crippen molar-refractivity contribution in [3.63, 3.8) is 0 Å². The minimum Gasteiger partial charge on any atom is -0.349 e. The average Bonchev–Trinajstić information content (AvgIpc) is 2.57. The van der Waals surface area contributed by atoms with Crippen molar-refractivity contribution < 1.29 is 0 Å². The first-order valence-electron chi connectivity index (χ1n) is 5.53. The summed E-state index contributed by atoms with van der Waals surface area (Å²) in [5, 5.41) is 3.49. The van der Waals surface area contributed by atoms with Gasteiger partial charge in [0.05, 0.1) is 0 Å². The van der Waals surface area contributed by atoms with E-state index < -0.39 is 0 Å². The number of hydrogen-bond acceptors (Lipinski definition) is 4. The van der Waals surface area contributed by atoms with Crippen molar-refractivity contribution >= 4 is 28.1 Å². The van der Waals surface area contributed by atoms with E-state index >= 15 is 0 Å². The molecule has 0 atom stereocenters. The van der Waals surface area contributed by atoms with Gasteiger partial charge in [0, 0.05) is 24.5 Å². The lowest BCUT2D eigenvalue weighted by Crippen LogP contribution is -2.56. The van der Waals surface area contributed by atoms with Gasteiger partial charge in [0.2, 0.25) is 0 Å². The first-order chi connectivity index (χ1) is 7.53. The summed E-state index contributed by atoms with van der Waals surface area (Å²) in [6, 6.07) is 0. The molecular weight excluding hydrogens is 242 g/mol. The van der Waals surface area contributed by atoms with Gasteiger partial charge in [-0.15, -0.1) is 11.3 Å². The largest absolute Gasteiger partial charge is 0.349 e. The third kappa shape index (κ3) is 2.19. The van der Waals surface area contributed by atoms with Gasteiger partial charge < -0.3 is 9.80 Å². The van der Waals surface area contributed by atoms with Gasteiger partial charge in [0.15, 0.2) is 5.13 Å². The summed E-state index contributed by atoms with van der Waals surface area (Å²) >= 11 is 7.46. The maximum atomic E-state index is 5.85. The smallest absolute Gasteiger partial charge is 0.186 e. The van der Waals surface area contributed by atoms with Crippen LogP contribution in [0.4, 0.5) is 5.13 Å². The molecule has 3 nitrogen and oxygen atoms in total. The summed E-state index contributed by atoms with van der Waals surface area (Å²) in [7, 11) is 6.43. The van der Waals surface area contributed by atoms with E-state index in [2.05, 4.69) is 35.9 Å². The van der Waals surface area contributed by atoms with Crippen molar-refractivity contribution in [3.05, 3.63) is 10.5 Å². The van der Waals surface area contributed by atoms with Gasteiger partial charge in [-0.3, -0.25) is 0 Å². The Kier molecular flexibility index (Phi) is 3.42. The van der Waals surface area contributed by atoms with Gasteiger partial charge in [-0.1, -0.05) is 11.6 Å². The normalized spacial score (nSPS) is 18.6. The Bertz CT molecular complexity index is 360. The second-order valence-electron chi connectivity index (χ2n) is 4.78. The molecule has 0 bridgehead atoms. The van der Waals surface area contributed by atoms with Crippen LogP contribution in [-0.2, 0) is 0 Å². The molecule has 0 N–H and O–H groups in total. The average molecular weight is 260 g/mol. The molecule has 0 amide bonds. The van der Waals surface area contributed by atoms with Gasteiger partial charge in [0.1, 0.15) is 5.15 Å². The maximum absolute atomic E-state index is 5.85. The Labute approximate surface area is 106 Å². The van der Waals surface area contributed by atoms with E-state index in [-0.39, 0.29) is 0 Å². The van der Waals surface area contributed by atoms with Gasteiger partial charge >= 0.3 is 0 Å². The van der Waals surface area contributed by atoms with Crippen LogP contribution in [0, 0.1) is 0 Å². The zero-order valence-corrected chi connectivity index (χ0v) is 11.6. The van der Waals surface area contributed by atoms with Gasteiger partial charge in [-0.25, -0.2) is 4.98 Å². The highest BCUT2D eigenvalue weighted by molar-refractivity contribution is 7.14. The molecule has 0 unspecified atom stereocenters. The Morgan fingerprint density at radius 3 is 2.50 bits per heavy atom. The highest BCUT2D eigenvalue weighted by Crippen LogP contribution is 2.37. The molecule has 0 aliphatic heterocycles. The van der Waals surface area contributed by atoms with Crippen LogP contribution >= 0.6 is 22.9 Å². The van der Waals surface area contributed by atoms with E-state index in [0.717, 1.165) is 11.7 Å². The number of likely N-dealkylation sites (N-methyl/N-ethyl adjacent to an activating group) is 2. The van der Waals surface area contributed by atoms with Crippen molar-refractivity contribution in [1.29, 1.82) is 0 Å². The summed E-state index contributed by atoms with van der Waals surface area (Å²) in [6.07, 6.45) is 3.90. The van der Waals surface area contributed by atoms with Crippen LogP contribution in [0.2, 0.25) is 5.15 Å². The van der Waals surface area contributed by atoms with E-state index in [1.165, 1.54) is 19.3 Å². The molecule has 1 aliphatic carbocycles. The number of rotatable bonds is 4. The highest BCUT2D eigenvalue weighted by atomic mass is 35.5. The molecule has 1 aliphatic rings. The van der Waals surface area contributed by atoms with Crippen LogP contribution in [-0.4, -0.2) is 43.1 Å². The van der Waals surface area contributed by atoms with Crippen LogP contribution in [0.3, 0.4) is 0 Å². The fourth-order valence-electron chi connectivity index (χ4n) is 2.26. The molecule has 0 radical (unpaired) electrons. The molecule has 2 rings (SSSR count). The molecule has 0 aromatic carbocycles. The topological polar surface area (TPSA) is 19.4 Å². The molecule has 1 fully saturated rings. The van der Waals surface area contributed by atoms with Crippen LogP contribution in [0.5, 0.6) is 0 Å². The van der Waals surface area contributed by atoms with E-state index in [0.29, 0.717) is 10.7 Å². The van der Waals surface area contributed by atoms with E-state index in [9.17, 15) is 0 Å². The first kappa shape index (κ1) is 12.1. The molecule has 1 aromatic rings. The fraction of sp³-hybridized carbons (Fsp3) is 0.727. The zero-order chi connectivity index (χ0) is 11.8. The highest BCUT2D eigenvalue weighted by Gasteiger charge is 2.40. The summed E-state index contributed by atoms with van der Waals surface area (Å²) in [4.78, 5) is 8.87. The minimum absolute atomic E-state index is 0.340. The lowest BCUT2D eigenvalue weighted by Gasteiger charge is -2.49. The SMILES string of the molecule is CN(CC1(N(C)C)CCC1)c1nc(Cl)cs1. The molecule has 0 spiro atoms. The number of halogens is 1. The third-order valence-corrected chi connectivity index (χ3v) is 4.83. The van der Waals surface area contributed by atoms with Crippen LogP contribution in [0.1, 0.15) is 19.3 Å². The molecule has 90 valence electrons. The molecule has 0 saturated heterocycles. The number of hydrogen-bond donors (Lipinski definition) is 0. The van der Waals surface area contributed by atoms with Crippen LogP contribution in [0.25, 0.3) is 0 Å².